The van der Waals surface area contributed by atoms with Gasteiger partial charge in [-0.1, -0.05) is 6.07 Å². The summed E-state index contributed by atoms with van der Waals surface area (Å²) in [6, 6.07) is 4.99. The van der Waals surface area contributed by atoms with Gasteiger partial charge in [-0.2, -0.15) is 0 Å². The highest BCUT2D eigenvalue weighted by Gasteiger charge is 2.65. The molecule has 21 heavy (non-hydrogen) atoms. The van der Waals surface area contributed by atoms with Gasteiger partial charge in [0.2, 0.25) is 0 Å². The van der Waals surface area contributed by atoms with E-state index in [0.29, 0.717) is 12.0 Å². The van der Waals surface area contributed by atoms with Crippen molar-refractivity contribution in [3.05, 3.63) is 27.7 Å². The fourth-order valence-electron chi connectivity index (χ4n) is 5.69. The molecule has 1 N–H and O–H groups in total. The van der Waals surface area contributed by atoms with Crippen molar-refractivity contribution in [2.45, 2.75) is 49.3 Å². The maximum Gasteiger partial charge on any atom is 0.138 e. The van der Waals surface area contributed by atoms with E-state index in [1.165, 1.54) is 11.1 Å². The van der Waals surface area contributed by atoms with Gasteiger partial charge in [-0.3, -0.25) is 0 Å². The number of nitrogens with zero attached hydrogens (tertiary/aromatic N) is 1. The Kier molecular flexibility index (Phi) is 2.48. The highest BCUT2D eigenvalue weighted by molar-refractivity contribution is 9.10. The van der Waals surface area contributed by atoms with E-state index >= 15 is 0 Å². The Balaban J connectivity index is 1.81. The molecule has 2 fully saturated rings. The van der Waals surface area contributed by atoms with E-state index in [-0.39, 0.29) is 17.6 Å². The first-order chi connectivity index (χ1) is 10.1. The number of benzene rings is 1. The van der Waals surface area contributed by atoms with Crippen molar-refractivity contribution >= 4 is 15.9 Å². The number of likely N-dealkylation sites (N-methyl/N-ethyl adjacent to an activating group) is 1. The monoisotopic (exact) mass is 349 g/mol. The van der Waals surface area contributed by atoms with Crippen molar-refractivity contribution in [2.75, 3.05) is 13.6 Å². The second-order valence-electron chi connectivity index (χ2n) is 7.24. The third kappa shape index (κ3) is 1.38. The molecule has 4 aliphatic rings. The highest BCUT2D eigenvalue weighted by Crippen LogP contribution is 2.63. The summed E-state index contributed by atoms with van der Waals surface area (Å²) in [5.74, 6) is 1.65. The van der Waals surface area contributed by atoms with Crippen LogP contribution in [0.1, 0.15) is 30.4 Å². The van der Waals surface area contributed by atoms with Crippen molar-refractivity contribution in [1.29, 1.82) is 0 Å². The molecule has 1 saturated carbocycles. The quantitative estimate of drug-likeness (QED) is 0.780. The predicted molar refractivity (Wildman–Crippen MR) is 83.7 cm³/mol. The largest absolute Gasteiger partial charge is 0.485 e. The van der Waals surface area contributed by atoms with E-state index in [4.69, 9.17) is 4.74 Å². The lowest BCUT2D eigenvalue weighted by molar-refractivity contribution is -0.0992. The molecular weight excluding hydrogens is 330 g/mol. The first kappa shape index (κ1) is 12.9. The molecule has 2 aliphatic heterocycles. The van der Waals surface area contributed by atoms with E-state index < -0.39 is 0 Å². The molecule has 5 atom stereocenters. The predicted octanol–water partition coefficient (Wildman–Crippen LogP) is 2.48. The number of aliphatic hydroxyl groups excluding tert-OH is 1. The van der Waals surface area contributed by atoms with Gasteiger partial charge in [-0.05, 0) is 72.8 Å². The molecule has 1 aromatic rings. The van der Waals surface area contributed by atoms with Gasteiger partial charge < -0.3 is 14.7 Å². The Bertz CT molecular complexity index is 633. The summed E-state index contributed by atoms with van der Waals surface area (Å²) in [6.45, 7) is 1.11. The van der Waals surface area contributed by atoms with Crippen LogP contribution in [-0.4, -0.2) is 41.8 Å². The third-order valence-electron chi connectivity index (χ3n) is 6.54. The standard InChI is InChI=1S/C17H20BrNO2/c1-19-7-6-17-10-3-5-13(20)16(17)21-15-11(18)4-2-9(14(15)17)8-12(10)19/h2,4,10,12-13,16,20H,3,5-8H2,1H3/t10-,12+,13?,16?,17-/m0/s1. The summed E-state index contributed by atoms with van der Waals surface area (Å²) in [5, 5.41) is 10.6. The van der Waals surface area contributed by atoms with Crippen molar-refractivity contribution in [3.63, 3.8) is 0 Å². The minimum absolute atomic E-state index is 0.0415. The Labute approximate surface area is 133 Å². The first-order valence-electron chi connectivity index (χ1n) is 8.00. The van der Waals surface area contributed by atoms with Crippen LogP contribution in [0, 0.1) is 5.92 Å². The number of aliphatic hydroxyl groups is 1. The molecule has 1 saturated heterocycles. The lowest BCUT2D eigenvalue weighted by Gasteiger charge is -2.58. The zero-order valence-corrected chi connectivity index (χ0v) is 13.8. The highest BCUT2D eigenvalue weighted by atomic mass is 79.9. The van der Waals surface area contributed by atoms with Gasteiger partial charge in [0.15, 0.2) is 0 Å². The number of halogens is 1. The minimum atomic E-state index is -0.324. The molecule has 4 heteroatoms. The Morgan fingerprint density at radius 1 is 1.38 bits per heavy atom. The zero-order valence-electron chi connectivity index (χ0n) is 12.2. The van der Waals surface area contributed by atoms with Crippen LogP contribution < -0.4 is 4.74 Å². The van der Waals surface area contributed by atoms with Crippen LogP contribution in [0.3, 0.4) is 0 Å². The van der Waals surface area contributed by atoms with Crippen LogP contribution in [0.4, 0.5) is 0 Å². The molecule has 1 spiro atoms. The Hall–Kier alpha value is -0.580. The van der Waals surface area contributed by atoms with Crippen molar-refractivity contribution in [2.24, 2.45) is 5.92 Å². The minimum Gasteiger partial charge on any atom is -0.485 e. The summed E-state index contributed by atoms with van der Waals surface area (Å²) >= 11 is 3.66. The molecule has 2 aliphatic carbocycles. The summed E-state index contributed by atoms with van der Waals surface area (Å²) in [4.78, 5) is 2.54. The molecule has 2 heterocycles. The number of likely N-dealkylation sites (tertiary alicyclic amines) is 1. The fourth-order valence-corrected chi connectivity index (χ4v) is 6.12. The van der Waals surface area contributed by atoms with Gasteiger partial charge in [-0.25, -0.2) is 0 Å². The van der Waals surface area contributed by atoms with Crippen LogP contribution in [-0.2, 0) is 11.8 Å². The normalized spacial score (nSPS) is 43.4. The summed E-state index contributed by atoms with van der Waals surface area (Å²) in [7, 11) is 2.26. The average molecular weight is 350 g/mol. The van der Waals surface area contributed by atoms with Crippen LogP contribution in [0.15, 0.2) is 16.6 Å². The maximum atomic E-state index is 10.6. The van der Waals surface area contributed by atoms with Gasteiger partial charge in [0.05, 0.1) is 10.6 Å². The van der Waals surface area contributed by atoms with E-state index in [9.17, 15) is 5.11 Å². The maximum absolute atomic E-state index is 10.6. The Morgan fingerprint density at radius 3 is 3.10 bits per heavy atom. The van der Waals surface area contributed by atoms with Crippen LogP contribution in [0.5, 0.6) is 5.75 Å². The molecule has 112 valence electrons. The first-order valence-corrected chi connectivity index (χ1v) is 8.79. The molecule has 0 radical (unpaired) electrons. The van der Waals surface area contributed by atoms with Gasteiger partial charge in [0.25, 0.3) is 0 Å². The number of piperidine rings is 1. The zero-order chi connectivity index (χ0) is 14.4. The molecule has 2 bridgehead atoms. The van der Waals surface area contributed by atoms with E-state index in [1.54, 1.807) is 0 Å². The number of hydrogen-bond acceptors (Lipinski definition) is 3. The molecule has 2 unspecified atom stereocenters. The van der Waals surface area contributed by atoms with Crippen molar-refractivity contribution in [3.8, 4) is 5.75 Å². The fraction of sp³-hybridized carbons (Fsp3) is 0.647. The second-order valence-corrected chi connectivity index (χ2v) is 8.10. The van der Waals surface area contributed by atoms with E-state index in [1.807, 2.05) is 0 Å². The lowest BCUT2D eigenvalue weighted by Crippen LogP contribution is -2.66. The van der Waals surface area contributed by atoms with Crippen molar-refractivity contribution < 1.29 is 9.84 Å². The summed E-state index contributed by atoms with van der Waals surface area (Å²) in [5.41, 5.74) is 2.93. The van der Waals surface area contributed by atoms with Crippen LogP contribution in [0.2, 0.25) is 0 Å². The van der Waals surface area contributed by atoms with Crippen LogP contribution >= 0.6 is 15.9 Å². The molecular formula is C17H20BrNO2. The smallest absolute Gasteiger partial charge is 0.138 e. The van der Waals surface area contributed by atoms with Gasteiger partial charge in [-0.15, -0.1) is 0 Å². The number of rotatable bonds is 0. The molecule has 0 amide bonds. The third-order valence-corrected chi connectivity index (χ3v) is 7.16. The average Bonchev–Trinajstić information content (AvgIpc) is 2.83. The van der Waals surface area contributed by atoms with E-state index in [2.05, 4.69) is 40.0 Å². The lowest BCUT2D eigenvalue weighted by atomic mass is 9.51. The number of hydrogen-bond donors (Lipinski definition) is 1. The van der Waals surface area contributed by atoms with Crippen molar-refractivity contribution in [1.82, 2.24) is 4.90 Å². The summed E-state index contributed by atoms with van der Waals surface area (Å²) < 4.78 is 7.39. The number of ether oxygens (including phenoxy) is 1. The summed E-state index contributed by atoms with van der Waals surface area (Å²) in [6.07, 6.45) is 3.88. The van der Waals surface area contributed by atoms with Crippen LogP contribution in [0.25, 0.3) is 0 Å². The Morgan fingerprint density at radius 2 is 2.24 bits per heavy atom. The van der Waals surface area contributed by atoms with Gasteiger partial charge >= 0.3 is 0 Å². The molecule has 5 rings (SSSR count). The molecule has 0 aromatic heterocycles. The second kappa shape index (κ2) is 4.03. The topological polar surface area (TPSA) is 32.7 Å². The SMILES string of the molecule is CN1CC[C@]23c4c5ccc(Br)c4OC2C(O)CC[C@H]3[C@H]1C5. The molecule has 3 nitrogen and oxygen atoms in total. The van der Waals surface area contributed by atoms with Gasteiger partial charge in [0.1, 0.15) is 11.9 Å². The van der Waals surface area contributed by atoms with E-state index in [0.717, 1.165) is 42.5 Å². The molecule has 1 aromatic carbocycles. The van der Waals surface area contributed by atoms with Gasteiger partial charge in [0, 0.05) is 17.0 Å².